The van der Waals surface area contributed by atoms with E-state index < -0.39 is 0 Å². The quantitative estimate of drug-likeness (QED) is 0.738. The average Bonchev–Trinajstić information content (AvgIpc) is 2.14. The van der Waals surface area contributed by atoms with Crippen molar-refractivity contribution in [1.82, 2.24) is 4.98 Å². The van der Waals surface area contributed by atoms with Crippen molar-refractivity contribution in [3.63, 3.8) is 0 Å². The molecule has 14 heavy (non-hydrogen) atoms. The van der Waals surface area contributed by atoms with E-state index in [1.807, 2.05) is 13.8 Å². The molecule has 76 valence electrons. The summed E-state index contributed by atoms with van der Waals surface area (Å²) in [6.45, 7) is 3.73. The fraction of sp³-hybridized carbons (Fsp3) is 0.455. The van der Waals surface area contributed by atoms with Gasteiger partial charge in [-0.15, -0.1) is 0 Å². The summed E-state index contributed by atoms with van der Waals surface area (Å²) in [5.41, 5.74) is 0.777. The minimum Gasteiger partial charge on any atom is -0.299 e. The number of carbonyl (C=O) groups excluding carboxylic acids is 1. The molecule has 0 aliphatic carbocycles. The van der Waals surface area contributed by atoms with Crippen molar-refractivity contribution in [2.24, 2.45) is 5.92 Å². The van der Waals surface area contributed by atoms with Crippen LogP contribution in [0, 0.1) is 11.7 Å². The van der Waals surface area contributed by atoms with E-state index in [-0.39, 0.29) is 17.5 Å². The van der Waals surface area contributed by atoms with Gasteiger partial charge in [-0.05, 0) is 18.1 Å². The van der Waals surface area contributed by atoms with E-state index in [1.54, 1.807) is 6.20 Å². The van der Waals surface area contributed by atoms with Crippen LogP contribution in [0.15, 0.2) is 18.5 Å². The summed E-state index contributed by atoms with van der Waals surface area (Å²) in [6, 6.07) is 1.42. The molecule has 1 rings (SSSR count). The molecular formula is C11H14FNO. The molecule has 0 saturated heterocycles. The van der Waals surface area contributed by atoms with Gasteiger partial charge in [-0.25, -0.2) is 4.39 Å². The van der Waals surface area contributed by atoms with Gasteiger partial charge in [0.05, 0.1) is 6.20 Å². The van der Waals surface area contributed by atoms with Crippen LogP contribution in [-0.2, 0) is 11.2 Å². The van der Waals surface area contributed by atoms with Crippen LogP contribution < -0.4 is 0 Å². The second-order valence-electron chi connectivity index (χ2n) is 3.63. The summed E-state index contributed by atoms with van der Waals surface area (Å²) in [5.74, 6) is -0.0923. The lowest BCUT2D eigenvalue weighted by atomic mass is 10.0. The van der Waals surface area contributed by atoms with Gasteiger partial charge in [-0.3, -0.25) is 9.78 Å². The van der Waals surface area contributed by atoms with Crippen LogP contribution in [0.2, 0.25) is 0 Å². The van der Waals surface area contributed by atoms with E-state index in [9.17, 15) is 9.18 Å². The minimum absolute atomic E-state index is 0.0523. The van der Waals surface area contributed by atoms with Crippen LogP contribution in [0.3, 0.4) is 0 Å². The Morgan fingerprint density at radius 1 is 1.50 bits per heavy atom. The largest absolute Gasteiger partial charge is 0.299 e. The van der Waals surface area contributed by atoms with Crippen molar-refractivity contribution in [2.75, 3.05) is 0 Å². The molecular weight excluding hydrogens is 181 g/mol. The molecule has 0 bridgehead atoms. The molecule has 1 heterocycles. The van der Waals surface area contributed by atoms with Crippen LogP contribution in [0.5, 0.6) is 0 Å². The van der Waals surface area contributed by atoms with Crippen molar-refractivity contribution in [2.45, 2.75) is 26.7 Å². The molecule has 0 aliphatic rings. The predicted molar refractivity (Wildman–Crippen MR) is 52.4 cm³/mol. The van der Waals surface area contributed by atoms with Gasteiger partial charge in [0.25, 0.3) is 0 Å². The monoisotopic (exact) mass is 195 g/mol. The summed E-state index contributed by atoms with van der Waals surface area (Å²) >= 11 is 0. The lowest BCUT2D eigenvalue weighted by Gasteiger charge is -2.03. The molecule has 0 saturated carbocycles. The average molecular weight is 195 g/mol. The fourth-order valence-electron chi connectivity index (χ4n) is 1.15. The maximum absolute atomic E-state index is 12.7. The Hall–Kier alpha value is -1.25. The Balaban J connectivity index is 2.50. The molecule has 2 nitrogen and oxygen atoms in total. The van der Waals surface area contributed by atoms with E-state index in [0.717, 1.165) is 11.8 Å². The Bertz CT molecular complexity index is 323. The molecule has 0 radical (unpaired) electrons. The number of nitrogens with zero attached hydrogens (tertiary/aromatic N) is 1. The third-order valence-electron chi connectivity index (χ3n) is 2.07. The zero-order valence-electron chi connectivity index (χ0n) is 8.46. The van der Waals surface area contributed by atoms with E-state index >= 15 is 0 Å². The topological polar surface area (TPSA) is 30.0 Å². The first kappa shape index (κ1) is 10.8. The van der Waals surface area contributed by atoms with Crippen LogP contribution in [0.4, 0.5) is 4.39 Å². The van der Waals surface area contributed by atoms with Crippen molar-refractivity contribution < 1.29 is 9.18 Å². The first-order chi connectivity index (χ1) is 6.59. The van der Waals surface area contributed by atoms with Gasteiger partial charge in [0.2, 0.25) is 0 Å². The lowest BCUT2D eigenvalue weighted by Crippen LogP contribution is -2.07. The second-order valence-corrected chi connectivity index (χ2v) is 3.63. The van der Waals surface area contributed by atoms with Gasteiger partial charge in [-0.2, -0.15) is 0 Å². The summed E-state index contributed by atoms with van der Waals surface area (Å²) in [7, 11) is 0. The highest BCUT2D eigenvalue weighted by Crippen LogP contribution is 2.07. The first-order valence-electron chi connectivity index (χ1n) is 4.71. The Kier molecular flexibility index (Phi) is 3.74. The zero-order chi connectivity index (χ0) is 10.6. The van der Waals surface area contributed by atoms with E-state index in [1.165, 1.54) is 6.07 Å². The summed E-state index contributed by atoms with van der Waals surface area (Å²) in [5, 5.41) is 0. The third-order valence-corrected chi connectivity index (χ3v) is 2.07. The number of hydrogen-bond donors (Lipinski definition) is 0. The normalized spacial score (nSPS) is 10.6. The number of ketones is 1. The Morgan fingerprint density at radius 2 is 2.21 bits per heavy atom. The summed E-state index contributed by atoms with van der Waals surface area (Å²) in [4.78, 5) is 15.0. The lowest BCUT2D eigenvalue weighted by molar-refractivity contribution is -0.121. The maximum Gasteiger partial charge on any atom is 0.141 e. The molecule has 0 fully saturated rings. The maximum atomic E-state index is 12.7. The van der Waals surface area contributed by atoms with Gasteiger partial charge in [-0.1, -0.05) is 13.8 Å². The number of carbonyl (C=O) groups is 1. The van der Waals surface area contributed by atoms with Crippen LogP contribution >= 0.6 is 0 Å². The second kappa shape index (κ2) is 4.84. The highest BCUT2D eigenvalue weighted by Gasteiger charge is 2.07. The van der Waals surface area contributed by atoms with Crippen molar-refractivity contribution in [1.29, 1.82) is 0 Å². The minimum atomic E-state index is -0.348. The highest BCUT2D eigenvalue weighted by molar-refractivity contribution is 5.80. The number of aryl methyl sites for hydroxylation is 1. The molecule has 1 aromatic heterocycles. The SMILES string of the molecule is CC(C)C(=O)CCc1cncc(F)c1. The van der Waals surface area contributed by atoms with Gasteiger partial charge in [0.15, 0.2) is 0 Å². The van der Waals surface area contributed by atoms with Crippen LogP contribution in [0.25, 0.3) is 0 Å². The Morgan fingerprint density at radius 3 is 2.79 bits per heavy atom. The molecule has 0 N–H and O–H groups in total. The van der Waals surface area contributed by atoms with E-state index in [2.05, 4.69) is 4.98 Å². The zero-order valence-corrected chi connectivity index (χ0v) is 8.46. The molecule has 1 aromatic rings. The van der Waals surface area contributed by atoms with E-state index in [4.69, 9.17) is 0 Å². The van der Waals surface area contributed by atoms with Crippen molar-refractivity contribution in [3.8, 4) is 0 Å². The smallest absolute Gasteiger partial charge is 0.141 e. The predicted octanol–water partition coefficient (Wildman–Crippen LogP) is 2.38. The summed E-state index contributed by atoms with van der Waals surface area (Å²) < 4.78 is 12.7. The highest BCUT2D eigenvalue weighted by atomic mass is 19.1. The standard InChI is InChI=1S/C11H14FNO/c1-8(2)11(14)4-3-9-5-10(12)7-13-6-9/h5-8H,3-4H2,1-2H3. The molecule has 0 atom stereocenters. The number of hydrogen-bond acceptors (Lipinski definition) is 2. The number of rotatable bonds is 4. The van der Waals surface area contributed by atoms with Gasteiger partial charge in [0, 0.05) is 18.5 Å². The molecule has 0 amide bonds. The number of Topliss-reactive ketones (excluding diaryl/α,β-unsaturated/α-hetero) is 1. The van der Waals surface area contributed by atoms with Crippen LogP contribution in [-0.4, -0.2) is 10.8 Å². The number of halogens is 1. The number of aromatic nitrogens is 1. The van der Waals surface area contributed by atoms with E-state index in [0.29, 0.717) is 12.8 Å². The van der Waals surface area contributed by atoms with Gasteiger partial charge >= 0.3 is 0 Å². The molecule has 0 aliphatic heterocycles. The van der Waals surface area contributed by atoms with Gasteiger partial charge in [0.1, 0.15) is 11.6 Å². The molecule has 0 aromatic carbocycles. The summed E-state index contributed by atoms with van der Waals surface area (Å²) in [6.07, 6.45) is 3.79. The van der Waals surface area contributed by atoms with Crippen molar-refractivity contribution in [3.05, 3.63) is 29.8 Å². The Labute approximate surface area is 83.2 Å². The molecule has 0 spiro atoms. The molecule has 3 heteroatoms. The molecule has 0 unspecified atom stereocenters. The number of pyridine rings is 1. The first-order valence-corrected chi connectivity index (χ1v) is 4.71. The van der Waals surface area contributed by atoms with Crippen molar-refractivity contribution >= 4 is 5.78 Å². The fourth-order valence-corrected chi connectivity index (χ4v) is 1.15. The van der Waals surface area contributed by atoms with Gasteiger partial charge < -0.3 is 0 Å². The third kappa shape index (κ3) is 3.24. The van der Waals surface area contributed by atoms with Crippen LogP contribution in [0.1, 0.15) is 25.8 Å².